The van der Waals surface area contributed by atoms with Crippen LogP contribution in [0.1, 0.15) is 15.9 Å². The van der Waals surface area contributed by atoms with Crippen LogP contribution in [0.4, 0.5) is 24.0 Å². The van der Waals surface area contributed by atoms with Crippen LogP contribution in [-0.2, 0) is 6.18 Å². The number of nitrogens with zero attached hydrogens (tertiary/aromatic N) is 2. The lowest BCUT2D eigenvalue weighted by Gasteiger charge is -2.08. The zero-order valence-corrected chi connectivity index (χ0v) is 14.2. The number of carbonyl (C=O) groups excluding carboxylic acids is 1. The first-order valence-corrected chi connectivity index (χ1v) is 8.31. The molecule has 0 fully saturated rings. The standard InChI is InChI=1S/C17H10F3N3O3S/c18-17(19,20)12-3-1-2-11(8-12)15(24)22-16-21-14(9-27-16)10-4-6-13(7-5-10)23(25)26/h1-9H,(H,21,22,24). The van der Waals surface area contributed by atoms with Gasteiger partial charge in [0.2, 0.25) is 0 Å². The number of thiazole rings is 1. The number of nitro groups is 1. The van der Waals surface area contributed by atoms with Crippen molar-refractivity contribution in [2.45, 2.75) is 6.18 Å². The van der Waals surface area contributed by atoms with E-state index in [9.17, 15) is 28.1 Å². The summed E-state index contributed by atoms with van der Waals surface area (Å²) in [4.78, 5) is 26.5. The van der Waals surface area contributed by atoms with E-state index in [1.54, 1.807) is 5.38 Å². The number of rotatable bonds is 4. The van der Waals surface area contributed by atoms with Gasteiger partial charge in [0, 0.05) is 28.6 Å². The molecule has 10 heteroatoms. The third-order valence-electron chi connectivity index (χ3n) is 3.55. The van der Waals surface area contributed by atoms with Gasteiger partial charge >= 0.3 is 6.18 Å². The van der Waals surface area contributed by atoms with Crippen molar-refractivity contribution in [2.24, 2.45) is 0 Å². The molecule has 0 aliphatic carbocycles. The highest BCUT2D eigenvalue weighted by molar-refractivity contribution is 7.14. The monoisotopic (exact) mass is 393 g/mol. The predicted molar refractivity (Wildman–Crippen MR) is 93.6 cm³/mol. The van der Waals surface area contributed by atoms with E-state index in [1.807, 2.05) is 0 Å². The summed E-state index contributed by atoms with van der Waals surface area (Å²) in [5, 5.41) is 14.9. The molecule has 0 saturated heterocycles. The number of hydrogen-bond donors (Lipinski definition) is 1. The molecule has 138 valence electrons. The van der Waals surface area contributed by atoms with Gasteiger partial charge in [-0.3, -0.25) is 20.2 Å². The van der Waals surface area contributed by atoms with Crippen LogP contribution in [0.25, 0.3) is 11.3 Å². The number of amides is 1. The van der Waals surface area contributed by atoms with Gasteiger partial charge in [-0.15, -0.1) is 11.3 Å². The Hall–Kier alpha value is -3.27. The lowest BCUT2D eigenvalue weighted by atomic mass is 10.1. The van der Waals surface area contributed by atoms with Crippen molar-refractivity contribution in [3.63, 3.8) is 0 Å². The smallest absolute Gasteiger partial charge is 0.298 e. The molecule has 0 bridgehead atoms. The van der Waals surface area contributed by atoms with Crippen molar-refractivity contribution < 1.29 is 22.9 Å². The van der Waals surface area contributed by atoms with E-state index in [1.165, 1.54) is 30.3 Å². The first kappa shape index (κ1) is 18.5. The molecule has 0 aliphatic heterocycles. The number of nitro benzene ring substituents is 1. The number of carbonyl (C=O) groups is 1. The fourth-order valence-electron chi connectivity index (χ4n) is 2.22. The number of anilines is 1. The Morgan fingerprint density at radius 2 is 1.85 bits per heavy atom. The minimum Gasteiger partial charge on any atom is -0.298 e. The Labute approximate surface area is 154 Å². The van der Waals surface area contributed by atoms with Gasteiger partial charge in [-0.25, -0.2) is 4.98 Å². The van der Waals surface area contributed by atoms with E-state index in [-0.39, 0.29) is 16.4 Å². The van der Waals surface area contributed by atoms with E-state index in [2.05, 4.69) is 10.3 Å². The number of benzene rings is 2. The number of hydrogen-bond acceptors (Lipinski definition) is 5. The van der Waals surface area contributed by atoms with E-state index in [0.29, 0.717) is 11.3 Å². The average Bonchev–Trinajstić information content (AvgIpc) is 3.09. The van der Waals surface area contributed by atoms with Crippen LogP contribution in [0, 0.1) is 10.1 Å². The maximum absolute atomic E-state index is 12.7. The van der Waals surface area contributed by atoms with Gasteiger partial charge in [0.1, 0.15) is 0 Å². The molecule has 0 atom stereocenters. The van der Waals surface area contributed by atoms with Crippen molar-refractivity contribution in [3.8, 4) is 11.3 Å². The summed E-state index contributed by atoms with van der Waals surface area (Å²) < 4.78 is 38.2. The van der Waals surface area contributed by atoms with Gasteiger partial charge in [0.05, 0.1) is 16.2 Å². The molecule has 2 aromatic carbocycles. The van der Waals surface area contributed by atoms with Crippen LogP contribution >= 0.6 is 11.3 Å². The number of halogens is 3. The zero-order chi connectivity index (χ0) is 19.6. The largest absolute Gasteiger partial charge is 0.416 e. The zero-order valence-electron chi connectivity index (χ0n) is 13.4. The summed E-state index contributed by atoms with van der Waals surface area (Å²) in [5.41, 5.74) is -0.0320. The van der Waals surface area contributed by atoms with Crippen LogP contribution in [0.3, 0.4) is 0 Å². The van der Waals surface area contributed by atoms with Crippen LogP contribution in [0.2, 0.25) is 0 Å². The fourth-order valence-corrected chi connectivity index (χ4v) is 2.94. The summed E-state index contributed by atoms with van der Waals surface area (Å²) in [5.74, 6) is -0.717. The Balaban J connectivity index is 1.76. The molecular formula is C17H10F3N3O3S. The molecule has 0 aliphatic rings. The normalized spacial score (nSPS) is 11.2. The highest BCUT2D eigenvalue weighted by atomic mass is 32.1. The predicted octanol–water partition coefficient (Wildman–Crippen LogP) is 4.99. The lowest BCUT2D eigenvalue weighted by molar-refractivity contribution is -0.384. The van der Waals surface area contributed by atoms with Gasteiger partial charge < -0.3 is 0 Å². The molecule has 0 radical (unpaired) electrons. The van der Waals surface area contributed by atoms with E-state index in [0.717, 1.165) is 29.5 Å². The van der Waals surface area contributed by atoms with Crippen molar-refractivity contribution in [2.75, 3.05) is 5.32 Å². The Bertz CT molecular complexity index is 1000. The Morgan fingerprint density at radius 3 is 2.48 bits per heavy atom. The van der Waals surface area contributed by atoms with Crippen LogP contribution in [-0.4, -0.2) is 15.8 Å². The minimum absolute atomic E-state index is 0.0629. The molecule has 1 N–H and O–H groups in total. The molecule has 0 spiro atoms. The number of nitrogens with one attached hydrogen (secondary N) is 1. The SMILES string of the molecule is O=C(Nc1nc(-c2ccc([N+](=O)[O-])cc2)cs1)c1cccc(C(F)(F)F)c1. The van der Waals surface area contributed by atoms with Crippen LogP contribution < -0.4 is 5.32 Å². The van der Waals surface area contributed by atoms with Crippen molar-refractivity contribution in [3.05, 3.63) is 75.2 Å². The Kier molecular flexibility index (Phi) is 4.91. The van der Waals surface area contributed by atoms with E-state index in [4.69, 9.17) is 0 Å². The van der Waals surface area contributed by atoms with Gasteiger partial charge in [-0.05, 0) is 30.3 Å². The third kappa shape index (κ3) is 4.29. The quantitative estimate of drug-likeness (QED) is 0.500. The van der Waals surface area contributed by atoms with Crippen LogP contribution in [0.5, 0.6) is 0 Å². The molecule has 27 heavy (non-hydrogen) atoms. The minimum atomic E-state index is -4.54. The highest BCUT2D eigenvalue weighted by Crippen LogP contribution is 2.30. The summed E-state index contributed by atoms with van der Waals surface area (Å²) in [7, 11) is 0. The number of aromatic nitrogens is 1. The van der Waals surface area contributed by atoms with E-state index < -0.39 is 22.6 Å². The second-order valence-corrected chi connectivity index (χ2v) is 6.23. The van der Waals surface area contributed by atoms with E-state index >= 15 is 0 Å². The third-order valence-corrected chi connectivity index (χ3v) is 4.31. The summed E-state index contributed by atoms with van der Waals surface area (Å²) in [6.07, 6.45) is -4.54. The van der Waals surface area contributed by atoms with Gasteiger partial charge in [0.15, 0.2) is 5.13 Å². The molecule has 0 unspecified atom stereocenters. The topological polar surface area (TPSA) is 85.1 Å². The molecule has 0 saturated carbocycles. The van der Waals surface area contributed by atoms with Gasteiger partial charge in [-0.1, -0.05) is 6.07 Å². The summed E-state index contributed by atoms with van der Waals surface area (Å²) >= 11 is 1.09. The first-order chi connectivity index (χ1) is 12.7. The molecule has 3 rings (SSSR count). The second kappa shape index (κ2) is 7.16. The second-order valence-electron chi connectivity index (χ2n) is 5.37. The highest BCUT2D eigenvalue weighted by Gasteiger charge is 2.30. The number of non-ortho nitro benzene ring substituents is 1. The molecular weight excluding hydrogens is 383 g/mol. The summed E-state index contributed by atoms with van der Waals surface area (Å²) in [6.45, 7) is 0. The maximum Gasteiger partial charge on any atom is 0.416 e. The van der Waals surface area contributed by atoms with Crippen molar-refractivity contribution in [1.29, 1.82) is 0 Å². The maximum atomic E-state index is 12.7. The molecule has 1 heterocycles. The van der Waals surface area contributed by atoms with Crippen molar-refractivity contribution in [1.82, 2.24) is 4.98 Å². The molecule has 1 aromatic heterocycles. The molecule has 1 amide bonds. The molecule has 3 aromatic rings. The summed E-state index contributed by atoms with van der Waals surface area (Å²) in [6, 6.07) is 9.77. The van der Waals surface area contributed by atoms with Gasteiger partial charge in [0.25, 0.3) is 11.6 Å². The average molecular weight is 393 g/mol. The Morgan fingerprint density at radius 1 is 1.15 bits per heavy atom. The van der Waals surface area contributed by atoms with Gasteiger partial charge in [-0.2, -0.15) is 13.2 Å². The lowest BCUT2D eigenvalue weighted by Crippen LogP contribution is -2.13. The van der Waals surface area contributed by atoms with Crippen LogP contribution in [0.15, 0.2) is 53.9 Å². The van der Waals surface area contributed by atoms with Crippen molar-refractivity contribution >= 4 is 28.1 Å². The number of alkyl halides is 3. The first-order valence-electron chi connectivity index (χ1n) is 7.43. The fraction of sp³-hybridized carbons (Fsp3) is 0.0588. The molecule has 6 nitrogen and oxygen atoms in total.